The van der Waals surface area contributed by atoms with E-state index in [1.54, 1.807) is 18.2 Å². The topological polar surface area (TPSA) is 66.8 Å². The summed E-state index contributed by atoms with van der Waals surface area (Å²) in [6.07, 6.45) is 4.54. The minimum absolute atomic E-state index is 0.272. The Balaban J connectivity index is 0.000000309. The summed E-state index contributed by atoms with van der Waals surface area (Å²) in [6.45, 7) is 18.8. The third-order valence-corrected chi connectivity index (χ3v) is 8.39. The maximum absolute atomic E-state index is 10.7. The van der Waals surface area contributed by atoms with Crippen LogP contribution in [-0.2, 0) is 4.79 Å². The second-order valence-electron chi connectivity index (χ2n) is 12.0. The van der Waals surface area contributed by atoms with Crippen molar-refractivity contribution >= 4 is 5.97 Å². The summed E-state index contributed by atoms with van der Waals surface area (Å²) in [5.74, 6) is 3.39. The van der Waals surface area contributed by atoms with Gasteiger partial charge in [-0.25, -0.2) is 0 Å². The van der Waals surface area contributed by atoms with E-state index in [2.05, 4.69) is 91.8 Å². The lowest BCUT2D eigenvalue weighted by Gasteiger charge is -2.10. The van der Waals surface area contributed by atoms with Crippen LogP contribution in [0, 0.1) is 0 Å². The number of rotatable bonds is 9. The van der Waals surface area contributed by atoms with E-state index < -0.39 is 0 Å². The van der Waals surface area contributed by atoms with Gasteiger partial charge < -0.3 is 14.9 Å². The molecule has 0 aliphatic rings. The standard InChI is InChI=1S/C12H16O2.2C10H14O.C10H14/c1-4-9(2)11-6-5-7-12(8-11)14-10(3)13;2*1-3-8(2)9-5-4-6-10(11)7-9;1-3-9(2)10-7-5-4-6-8-10/h5-9H,4H2,1-3H3;2*4-8,11H,3H2,1-2H3;4-9H,3H2,1-2H3. The highest BCUT2D eigenvalue weighted by atomic mass is 16.5. The van der Waals surface area contributed by atoms with Gasteiger partial charge in [-0.3, -0.25) is 4.79 Å². The molecular weight excluding hydrogens is 568 g/mol. The number of benzene rings is 4. The van der Waals surface area contributed by atoms with Crippen LogP contribution < -0.4 is 4.74 Å². The number of esters is 1. The summed E-state index contributed by atoms with van der Waals surface area (Å²) < 4.78 is 5.01. The highest BCUT2D eigenvalue weighted by Gasteiger charge is 2.05. The van der Waals surface area contributed by atoms with E-state index in [4.69, 9.17) is 14.9 Å². The van der Waals surface area contributed by atoms with Crippen LogP contribution in [0.25, 0.3) is 0 Å². The maximum Gasteiger partial charge on any atom is 0.308 e. The molecule has 0 saturated heterocycles. The average Bonchev–Trinajstić information content (AvgIpc) is 3.07. The van der Waals surface area contributed by atoms with Crippen LogP contribution in [0.3, 0.4) is 0 Å². The fourth-order valence-electron chi connectivity index (χ4n) is 4.44. The summed E-state index contributed by atoms with van der Waals surface area (Å²) in [5.41, 5.74) is 5.09. The Morgan fingerprint density at radius 2 is 0.870 bits per heavy atom. The van der Waals surface area contributed by atoms with E-state index in [0.717, 1.165) is 19.3 Å². The first-order chi connectivity index (χ1) is 21.9. The SMILES string of the molecule is CCC(C)c1cccc(O)c1.CCC(C)c1cccc(O)c1.CCC(C)c1cccc(OC(C)=O)c1.CCC(C)c1ccccc1. The van der Waals surface area contributed by atoms with Crippen molar-refractivity contribution in [3.05, 3.63) is 125 Å². The molecule has 0 heterocycles. The van der Waals surface area contributed by atoms with Crippen LogP contribution in [0.2, 0.25) is 0 Å². The number of carbonyl (C=O) groups excluding carboxylic acids is 1. The van der Waals surface area contributed by atoms with E-state index in [1.165, 1.54) is 35.6 Å². The van der Waals surface area contributed by atoms with Crippen LogP contribution in [0.5, 0.6) is 17.2 Å². The largest absolute Gasteiger partial charge is 0.508 e. The Bertz CT molecular complexity index is 1330. The van der Waals surface area contributed by atoms with Crippen molar-refractivity contribution in [3.63, 3.8) is 0 Å². The molecule has 4 rings (SSSR count). The predicted molar refractivity (Wildman–Crippen MR) is 195 cm³/mol. The molecule has 0 fully saturated rings. The zero-order chi connectivity index (χ0) is 34.5. The molecule has 0 spiro atoms. The molecule has 46 heavy (non-hydrogen) atoms. The first-order valence-electron chi connectivity index (χ1n) is 16.9. The van der Waals surface area contributed by atoms with Gasteiger partial charge in [-0.1, -0.05) is 122 Å². The molecule has 4 aromatic carbocycles. The second-order valence-corrected chi connectivity index (χ2v) is 12.0. The predicted octanol–water partition coefficient (Wildman–Crippen LogP) is 12.1. The van der Waals surface area contributed by atoms with Gasteiger partial charge >= 0.3 is 5.97 Å². The summed E-state index contributed by atoms with van der Waals surface area (Å²) in [6, 6.07) is 33.3. The molecule has 4 aromatic rings. The van der Waals surface area contributed by atoms with E-state index in [0.29, 0.717) is 40.9 Å². The number of phenols is 2. The van der Waals surface area contributed by atoms with Crippen molar-refractivity contribution in [2.24, 2.45) is 0 Å². The maximum atomic E-state index is 10.7. The lowest BCUT2D eigenvalue weighted by molar-refractivity contribution is -0.131. The fourth-order valence-corrected chi connectivity index (χ4v) is 4.44. The number of phenolic OH excluding ortho intramolecular Hbond substituents is 2. The van der Waals surface area contributed by atoms with Crippen molar-refractivity contribution in [2.45, 2.75) is 112 Å². The highest BCUT2D eigenvalue weighted by molar-refractivity contribution is 5.69. The molecule has 4 heteroatoms. The quantitative estimate of drug-likeness (QED) is 0.143. The zero-order valence-electron chi connectivity index (χ0n) is 29.7. The number of hydrogen-bond acceptors (Lipinski definition) is 4. The van der Waals surface area contributed by atoms with Gasteiger partial charge in [0.2, 0.25) is 0 Å². The number of aromatic hydroxyl groups is 2. The Hall–Kier alpha value is -4.05. The lowest BCUT2D eigenvalue weighted by atomic mass is 9.99. The molecule has 4 unspecified atom stereocenters. The Morgan fingerprint density at radius 1 is 0.522 bits per heavy atom. The Kier molecular flexibility index (Phi) is 19.5. The van der Waals surface area contributed by atoms with Crippen molar-refractivity contribution < 1.29 is 19.7 Å². The Morgan fingerprint density at radius 3 is 1.24 bits per heavy atom. The number of carbonyl (C=O) groups is 1. The molecule has 0 amide bonds. The van der Waals surface area contributed by atoms with Crippen LogP contribution in [0.15, 0.2) is 103 Å². The van der Waals surface area contributed by atoms with Crippen LogP contribution in [0.4, 0.5) is 0 Å². The second kappa shape index (κ2) is 22.5. The van der Waals surface area contributed by atoms with Crippen molar-refractivity contribution in [1.82, 2.24) is 0 Å². The van der Waals surface area contributed by atoms with Crippen molar-refractivity contribution in [1.29, 1.82) is 0 Å². The normalized spacial score (nSPS) is 12.7. The lowest BCUT2D eigenvalue weighted by Crippen LogP contribution is -2.02. The van der Waals surface area contributed by atoms with Gasteiger partial charge in [0.1, 0.15) is 17.2 Å². The summed E-state index contributed by atoms with van der Waals surface area (Å²) in [7, 11) is 0. The number of hydrogen-bond donors (Lipinski definition) is 2. The first-order valence-corrected chi connectivity index (χ1v) is 16.9. The van der Waals surface area contributed by atoms with Gasteiger partial charge in [-0.2, -0.15) is 0 Å². The van der Waals surface area contributed by atoms with Gasteiger partial charge in [0.25, 0.3) is 0 Å². The molecule has 4 atom stereocenters. The van der Waals surface area contributed by atoms with E-state index in [-0.39, 0.29) is 5.97 Å². The third-order valence-electron chi connectivity index (χ3n) is 8.39. The fraction of sp³-hybridized carbons (Fsp3) is 0.405. The van der Waals surface area contributed by atoms with Crippen LogP contribution in [-0.4, -0.2) is 16.2 Å². The molecule has 0 aromatic heterocycles. The van der Waals surface area contributed by atoms with Gasteiger partial charge in [0, 0.05) is 6.92 Å². The monoisotopic (exact) mass is 626 g/mol. The molecule has 0 aliphatic heterocycles. The van der Waals surface area contributed by atoms with Crippen LogP contribution >= 0.6 is 0 Å². The van der Waals surface area contributed by atoms with Gasteiger partial charge in [-0.05, 0) is 108 Å². The van der Waals surface area contributed by atoms with E-state index in [9.17, 15) is 4.79 Å². The smallest absolute Gasteiger partial charge is 0.308 e. The van der Waals surface area contributed by atoms with Gasteiger partial charge in [0.15, 0.2) is 0 Å². The molecule has 250 valence electrons. The van der Waals surface area contributed by atoms with Gasteiger partial charge in [-0.15, -0.1) is 0 Å². The van der Waals surface area contributed by atoms with E-state index >= 15 is 0 Å². The molecule has 0 radical (unpaired) electrons. The molecule has 0 aliphatic carbocycles. The minimum atomic E-state index is -0.272. The average molecular weight is 627 g/mol. The van der Waals surface area contributed by atoms with E-state index in [1.807, 2.05) is 48.5 Å². The van der Waals surface area contributed by atoms with Crippen LogP contribution in [0.1, 0.15) is 134 Å². The summed E-state index contributed by atoms with van der Waals surface area (Å²) >= 11 is 0. The number of ether oxygens (including phenoxy) is 1. The third kappa shape index (κ3) is 15.8. The minimum Gasteiger partial charge on any atom is -0.508 e. The molecule has 0 saturated carbocycles. The molecular formula is C42H58O4. The highest BCUT2D eigenvalue weighted by Crippen LogP contribution is 2.24. The Labute approximate surface area is 279 Å². The summed E-state index contributed by atoms with van der Waals surface area (Å²) in [5, 5.41) is 18.3. The van der Waals surface area contributed by atoms with Crippen molar-refractivity contribution in [2.75, 3.05) is 0 Å². The van der Waals surface area contributed by atoms with Crippen molar-refractivity contribution in [3.8, 4) is 17.2 Å². The molecule has 2 N–H and O–H groups in total. The molecule has 4 nitrogen and oxygen atoms in total. The molecule has 0 bridgehead atoms. The van der Waals surface area contributed by atoms with Gasteiger partial charge in [0.05, 0.1) is 0 Å². The zero-order valence-corrected chi connectivity index (χ0v) is 29.7. The summed E-state index contributed by atoms with van der Waals surface area (Å²) in [4.78, 5) is 10.7. The first kappa shape index (κ1) is 40.0.